The molecule has 27 heavy (non-hydrogen) atoms. The first kappa shape index (κ1) is 18.1. The monoisotopic (exact) mass is 361 g/mol. The minimum absolute atomic E-state index is 0.302. The van der Waals surface area contributed by atoms with Gasteiger partial charge in [-0.15, -0.1) is 0 Å². The molecule has 0 unspecified atom stereocenters. The number of hydrogen-bond donors (Lipinski definition) is 1. The second-order valence-corrected chi connectivity index (χ2v) is 5.60. The lowest BCUT2D eigenvalue weighted by atomic mass is 10.2. The van der Waals surface area contributed by atoms with E-state index in [9.17, 15) is 4.79 Å². The predicted molar refractivity (Wildman–Crippen MR) is 103 cm³/mol. The molecule has 2 aromatic carbocycles. The number of nitrogens with one attached hydrogen (secondary N) is 1. The molecule has 0 saturated heterocycles. The zero-order valence-corrected chi connectivity index (χ0v) is 14.8. The molecule has 0 aliphatic rings. The number of aromatic nitrogens is 1. The minimum Gasteiger partial charge on any atom is -0.493 e. The summed E-state index contributed by atoms with van der Waals surface area (Å²) in [6, 6.07) is 20.4. The molecule has 0 aliphatic carbocycles. The van der Waals surface area contributed by atoms with Crippen LogP contribution in [0.5, 0.6) is 11.5 Å². The maximum absolute atomic E-state index is 11.9. The number of hydrogen-bond acceptors (Lipinski definition) is 5. The van der Waals surface area contributed by atoms with Crippen LogP contribution in [0.3, 0.4) is 0 Å². The molecule has 0 fully saturated rings. The molecule has 0 bridgehead atoms. The van der Waals surface area contributed by atoms with Gasteiger partial charge in [-0.3, -0.25) is 9.78 Å². The Kier molecular flexibility index (Phi) is 6.14. The number of carbonyl (C=O) groups is 1. The Morgan fingerprint density at radius 2 is 1.89 bits per heavy atom. The third-order valence-corrected chi connectivity index (χ3v) is 3.70. The van der Waals surface area contributed by atoms with Crippen molar-refractivity contribution in [1.29, 1.82) is 0 Å². The Balaban J connectivity index is 1.66. The molecule has 0 radical (unpaired) electrons. The van der Waals surface area contributed by atoms with Crippen molar-refractivity contribution in [2.45, 2.75) is 6.61 Å². The van der Waals surface area contributed by atoms with E-state index in [-0.39, 0.29) is 5.91 Å². The van der Waals surface area contributed by atoms with Crippen LogP contribution in [0.2, 0.25) is 0 Å². The molecule has 1 aromatic heterocycles. The van der Waals surface area contributed by atoms with E-state index >= 15 is 0 Å². The van der Waals surface area contributed by atoms with E-state index < -0.39 is 0 Å². The van der Waals surface area contributed by atoms with Gasteiger partial charge < -0.3 is 9.47 Å². The Morgan fingerprint density at radius 3 is 2.63 bits per heavy atom. The van der Waals surface area contributed by atoms with Crippen LogP contribution < -0.4 is 14.9 Å². The lowest BCUT2D eigenvalue weighted by Gasteiger charge is -2.11. The number of benzene rings is 2. The van der Waals surface area contributed by atoms with Crippen molar-refractivity contribution in [3.63, 3.8) is 0 Å². The average molecular weight is 361 g/mol. The third kappa shape index (κ3) is 5.15. The molecule has 0 spiro atoms. The number of nitrogens with zero attached hydrogens (tertiary/aromatic N) is 2. The maximum Gasteiger partial charge on any atom is 0.289 e. The summed E-state index contributed by atoms with van der Waals surface area (Å²) < 4.78 is 11.2. The zero-order chi connectivity index (χ0) is 18.9. The van der Waals surface area contributed by atoms with E-state index in [4.69, 9.17) is 9.47 Å². The van der Waals surface area contributed by atoms with Gasteiger partial charge in [-0.25, -0.2) is 5.43 Å². The molecule has 1 heterocycles. The topological polar surface area (TPSA) is 72.8 Å². The molecule has 0 saturated carbocycles. The molecule has 0 aliphatic heterocycles. The first-order valence-corrected chi connectivity index (χ1v) is 8.35. The lowest BCUT2D eigenvalue weighted by molar-refractivity contribution is 0.0950. The van der Waals surface area contributed by atoms with E-state index in [2.05, 4.69) is 15.5 Å². The second-order valence-electron chi connectivity index (χ2n) is 5.60. The quantitative estimate of drug-likeness (QED) is 0.517. The molecule has 6 nitrogen and oxygen atoms in total. The summed E-state index contributed by atoms with van der Waals surface area (Å²) in [6.07, 6.45) is 3.09. The number of methoxy groups -OCH3 is 1. The predicted octanol–water partition coefficient (Wildman–Crippen LogP) is 3.43. The van der Waals surface area contributed by atoms with Gasteiger partial charge in [-0.05, 0) is 41.5 Å². The van der Waals surface area contributed by atoms with E-state index in [0.29, 0.717) is 23.8 Å². The number of rotatable bonds is 7. The number of amides is 1. The number of pyridine rings is 1. The molecular weight excluding hydrogens is 342 g/mol. The van der Waals surface area contributed by atoms with Gasteiger partial charge in [0.2, 0.25) is 0 Å². The van der Waals surface area contributed by atoms with Gasteiger partial charge in [0.05, 0.1) is 13.3 Å². The summed E-state index contributed by atoms with van der Waals surface area (Å²) in [5, 5.41) is 3.97. The minimum atomic E-state index is -0.374. The van der Waals surface area contributed by atoms with Crippen molar-refractivity contribution in [2.75, 3.05) is 7.11 Å². The molecule has 1 N–H and O–H groups in total. The van der Waals surface area contributed by atoms with Gasteiger partial charge in [0, 0.05) is 6.20 Å². The van der Waals surface area contributed by atoms with E-state index in [1.165, 1.54) is 6.21 Å². The zero-order valence-electron chi connectivity index (χ0n) is 14.8. The van der Waals surface area contributed by atoms with Gasteiger partial charge in [-0.2, -0.15) is 5.10 Å². The SMILES string of the molecule is COc1ccc(C=NNC(=O)c2ccccn2)cc1OCc1ccccc1. The van der Waals surface area contributed by atoms with Crippen LogP contribution in [0.4, 0.5) is 0 Å². The third-order valence-electron chi connectivity index (χ3n) is 3.70. The summed E-state index contributed by atoms with van der Waals surface area (Å²) >= 11 is 0. The normalized spacial score (nSPS) is 10.6. The van der Waals surface area contributed by atoms with Crippen LogP contribution in [-0.2, 0) is 6.61 Å². The molecule has 3 rings (SSSR count). The molecule has 6 heteroatoms. The lowest BCUT2D eigenvalue weighted by Crippen LogP contribution is -2.18. The number of carbonyl (C=O) groups excluding carboxylic acids is 1. The van der Waals surface area contributed by atoms with Crippen LogP contribution in [0.25, 0.3) is 0 Å². The first-order chi connectivity index (χ1) is 13.3. The first-order valence-electron chi connectivity index (χ1n) is 8.35. The van der Waals surface area contributed by atoms with Gasteiger partial charge in [0.25, 0.3) is 5.91 Å². The maximum atomic E-state index is 11.9. The highest BCUT2D eigenvalue weighted by Crippen LogP contribution is 2.28. The van der Waals surface area contributed by atoms with Crippen LogP contribution in [0.15, 0.2) is 78.0 Å². The summed E-state index contributed by atoms with van der Waals surface area (Å²) in [5.74, 6) is 0.850. The summed E-state index contributed by atoms with van der Waals surface area (Å²) in [5.41, 5.74) is 4.57. The van der Waals surface area contributed by atoms with Gasteiger partial charge in [-0.1, -0.05) is 36.4 Å². The Bertz CT molecular complexity index is 912. The van der Waals surface area contributed by atoms with Gasteiger partial charge in [0.15, 0.2) is 11.5 Å². The Labute approximate surface area is 157 Å². The van der Waals surface area contributed by atoms with Crippen molar-refractivity contribution in [1.82, 2.24) is 10.4 Å². The van der Waals surface area contributed by atoms with E-state index in [1.54, 1.807) is 43.6 Å². The standard InChI is InChI=1S/C21H19N3O3/c1-26-19-11-10-17(13-20(19)27-15-16-7-3-2-4-8-16)14-23-24-21(25)18-9-5-6-12-22-18/h2-14H,15H2,1H3,(H,24,25). The van der Waals surface area contributed by atoms with Crippen molar-refractivity contribution in [3.8, 4) is 11.5 Å². The highest BCUT2D eigenvalue weighted by atomic mass is 16.5. The molecule has 1 amide bonds. The fraction of sp³-hybridized carbons (Fsp3) is 0.0952. The van der Waals surface area contributed by atoms with E-state index in [0.717, 1.165) is 11.1 Å². The van der Waals surface area contributed by atoms with Crippen molar-refractivity contribution in [3.05, 3.63) is 89.7 Å². The van der Waals surface area contributed by atoms with Gasteiger partial charge in [0.1, 0.15) is 12.3 Å². The van der Waals surface area contributed by atoms with Crippen LogP contribution >= 0.6 is 0 Å². The average Bonchev–Trinajstić information content (AvgIpc) is 2.73. The fourth-order valence-corrected chi connectivity index (χ4v) is 2.34. The van der Waals surface area contributed by atoms with Crippen LogP contribution in [0.1, 0.15) is 21.6 Å². The van der Waals surface area contributed by atoms with Crippen molar-refractivity contribution >= 4 is 12.1 Å². The van der Waals surface area contributed by atoms with Crippen LogP contribution in [0, 0.1) is 0 Å². The largest absolute Gasteiger partial charge is 0.493 e. The van der Waals surface area contributed by atoms with Crippen molar-refractivity contribution < 1.29 is 14.3 Å². The highest BCUT2D eigenvalue weighted by Gasteiger charge is 2.07. The summed E-state index contributed by atoms with van der Waals surface area (Å²) in [7, 11) is 1.59. The second kappa shape index (κ2) is 9.15. The summed E-state index contributed by atoms with van der Waals surface area (Å²) in [6.45, 7) is 0.425. The Morgan fingerprint density at radius 1 is 1.07 bits per heavy atom. The molecule has 0 atom stereocenters. The summed E-state index contributed by atoms with van der Waals surface area (Å²) in [4.78, 5) is 15.9. The number of hydrazone groups is 1. The van der Waals surface area contributed by atoms with E-state index in [1.807, 2.05) is 36.4 Å². The highest BCUT2D eigenvalue weighted by molar-refractivity contribution is 5.93. The fourth-order valence-electron chi connectivity index (χ4n) is 2.34. The Hall–Kier alpha value is -3.67. The molecular formula is C21H19N3O3. The molecule has 136 valence electrons. The van der Waals surface area contributed by atoms with Gasteiger partial charge >= 0.3 is 0 Å². The van der Waals surface area contributed by atoms with Crippen molar-refractivity contribution in [2.24, 2.45) is 5.10 Å². The smallest absolute Gasteiger partial charge is 0.289 e. The van der Waals surface area contributed by atoms with Crippen LogP contribution in [-0.4, -0.2) is 24.2 Å². The number of ether oxygens (including phenoxy) is 2. The molecule has 3 aromatic rings.